The molecule has 388 valence electrons. The number of hydrogen-bond acceptors (Lipinski definition) is 19. The molecule has 10 heterocycles. The fourth-order valence-corrected chi connectivity index (χ4v) is 7.10. The van der Waals surface area contributed by atoms with Crippen molar-refractivity contribution in [2.75, 3.05) is 78.6 Å². The van der Waals surface area contributed by atoms with E-state index in [1.807, 2.05) is 0 Å². The van der Waals surface area contributed by atoms with Crippen LogP contribution in [0.25, 0.3) is 33.5 Å². The van der Waals surface area contributed by atoms with Crippen molar-refractivity contribution in [1.82, 2.24) is 56.5 Å². The van der Waals surface area contributed by atoms with Gasteiger partial charge in [0.25, 0.3) is 26.8 Å². The van der Waals surface area contributed by atoms with Gasteiger partial charge in [-0.05, 0) is 0 Å². The summed E-state index contributed by atoms with van der Waals surface area (Å²) in [5.74, 6) is 1.22. The quantitative estimate of drug-likeness (QED) is 0.111. The normalized spacial score (nSPS) is 16.1. The van der Waals surface area contributed by atoms with Gasteiger partial charge in [-0.2, -0.15) is 8.42 Å². The summed E-state index contributed by atoms with van der Waals surface area (Å²) < 4.78 is 75.4. The van der Waals surface area contributed by atoms with Crippen molar-refractivity contribution < 1.29 is 45.1 Å². The van der Waals surface area contributed by atoms with Crippen LogP contribution < -0.4 is 33.7 Å². The minimum absolute atomic E-state index is 0.251. The summed E-state index contributed by atoms with van der Waals surface area (Å²) in [4.78, 5) is 85.6. The Morgan fingerprint density at radius 3 is 1.24 bits per heavy atom. The first kappa shape index (κ1) is 55.3. The zero-order chi connectivity index (χ0) is 51.8. The molecular formula is C39H57ClN12O16S2. The van der Waals surface area contributed by atoms with Crippen molar-refractivity contribution >= 4 is 63.3 Å². The first-order valence-corrected chi connectivity index (χ1v) is 25.8. The van der Waals surface area contributed by atoms with Crippen LogP contribution in [0, 0.1) is 23.7 Å². The maximum atomic E-state index is 12.3. The first-order valence-electron chi connectivity index (χ1n) is 21.3. The molecular weight excluding hydrogens is 992 g/mol. The lowest BCUT2D eigenvalue weighted by molar-refractivity contribution is -0.0554. The number of ether oxygens (including phenoxy) is 4. The Morgan fingerprint density at radius 2 is 0.943 bits per heavy atom. The van der Waals surface area contributed by atoms with E-state index in [9.17, 15) is 45.6 Å². The zero-order valence-electron chi connectivity index (χ0n) is 39.7. The van der Waals surface area contributed by atoms with Crippen LogP contribution in [-0.2, 0) is 97.7 Å². The molecule has 0 unspecified atom stereocenters. The SMILES string of the molecule is CS(=O)(=O)Cl.CS(=O)(=O)OCC1COC1.Cn1cnc2c1c(=O)[nH]c(=O)n2C.Cn1cnc2c1c(=O)n(CC1COC1)c(=O)n2C.Cn1cnc2c1c(=O)n(CC1COC1)c(=O)n2C.OCC1COC1. The Morgan fingerprint density at radius 1 is 0.600 bits per heavy atom. The van der Waals surface area contributed by atoms with E-state index in [1.165, 1.54) is 29.2 Å². The van der Waals surface area contributed by atoms with Crippen LogP contribution in [0.2, 0.25) is 0 Å². The standard InChI is InChI=1S/2C11H14N4O3.C7H8N4O2.C5H10O4S.C4H8O2.CH3ClO2S/c2*1-13-6-12-9-8(13)10(16)15(11(17)14(9)2)3-7-4-18-5-7;1-10-3-8-5-4(10)6(12)9-7(13)11(5)2;1-10(6,7)9-4-5-2-8-3-5;5-1-4-2-6-3-4;1-5(2,3)4/h2*6-7H,3-5H2,1-2H3;3H,1-2H3,(H,9,12,13);5H,2-4H2,1H3;4-5H,1-3H2;1H3. The second-order valence-corrected chi connectivity index (χ2v) is 21.6. The van der Waals surface area contributed by atoms with Gasteiger partial charge in [0.1, 0.15) is 0 Å². The van der Waals surface area contributed by atoms with Gasteiger partial charge in [0.05, 0.1) is 97.6 Å². The maximum Gasteiger partial charge on any atom is 0.332 e. The highest BCUT2D eigenvalue weighted by Gasteiger charge is 2.25. The van der Waals surface area contributed by atoms with Crippen LogP contribution in [0.3, 0.4) is 0 Å². The number of aromatic amines is 1. The van der Waals surface area contributed by atoms with Crippen molar-refractivity contribution in [2.24, 2.45) is 66.0 Å². The van der Waals surface area contributed by atoms with Gasteiger partial charge in [-0.15, -0.1) is 0 Å². The number of imidazole rings is 3. The molecule has 4 aliphatic heterocycles. The van der Waals surface area contributed by atoms with Crippen LogP contribution in [-0.4, -0.2) is 157 Å². The Labute approximate surface area is 402 Å². The van der Waals surface area contributed by atoms with E-state index in [2.05, 4.69) is 34.8 Å². The number of aliphatic hydroxyl groups excluding tert-OH is 1. The molecule has 0 atom stereocenters. The smallest absolute Gasteiger partial charge is 0.332 e. The van der Waals surface area contributed by atoms with Gasteiger partial charge in [0.2, 0.25) is 9.05 Å². The molecule has 10 rings (SSSR count). The van der Waals surface area contributed by atoms with E-state index < -0.39 is 30.4 Å². The molecule has 4 fully saturated rings. The number of H-pyrrole nitrogens is 1. The van der Waals surface area contributed by atoms with E-state index in [0.717, 1.165) is 25.7 Å². The number of aliphatic hydroxyl groups is 1. The fourth-order valence-electron chi connectivity index (χ4n) is 6.66. The molecule has 0 bridgehead atoms. The van der Waals surface area contributed by atoms with Crippen molar-refractivity contribution in [3.05, 3.63) is 81.5 Å². The van der Waals surface area contributed by atoms with Gasteiger partial charge in [-0.3, -0.25) is 46.4 Å². The average Bonchev–Trinajstić information content (AvgIpc) is 3.92. The molecule has 0 aromatic carbocycles. The summed E-state index contributed by atoms with van der Waals surface area (Å²) in [5, 5.41) is 8.31. The van der Waals surface area contributed by atoms with Crippen molar-refractivity contribution in [1.29, 1.82) is 0 Å². The summed E-state index contributed by atoms with van der Waals surface area (Å²) in [6.07, 6.45) is 6.56. The summed E-state index contributed by atoms with van der Waals surface area (Å²) in [6.45, 7) is 6.58. The van der Waals surface area contributed by atoms with Gasteiger partial charge < -0.3 is 37.8 Å². The van der Waals surface area contributed by atoms with E-state index in [1.54, 1.807) is 68.6 Å². The van der Waals surface area contributed by atoms with Crippen molar-refractivity contribution in [3.8, 4) is 0 Å². The van der Waals surface area contributed by atoms with Gasteiger partial charge >= 0.3 is 17.1 Å². The van der Waals surface area contributed by atoms with Crippen molar-refractivity contribution in [3.63, 3.8) is 0 Å². The molecule has 0 amide bonds. The maximum absolute atomic E-state index is 12.3. The number of fused-ring (bicyclic) bond motifs is 3. The molecule has 70 heavy (non-hydrogen) atoms. The monoisotopic (exact) mass is 1050 g/mol. The number of hydrogen-bond donors (Lipinski definition) is 2. The van der Waals surface area contributed by atoms with Gasteiger partial charge in [0, 0.05) is 89.7 Å². The lowest BCUT2D eigenvalue weighted by Gasteiger charge is -2.26. The van der Waals surface area contributed by atoms with Crippen LogP contribution in [0.4, 0.5) is 0 Å². The summed E-state index contributed by atoms with van der Waals surface area (Å²) in [6, 6.07) is 0. The highest BCUT2D eigenvalue weighted by molar-refractivity contribution is 8.13. The molecule has 4 aliphatic rings. The Kier molecular flexibility index (Phi) is 18.6. The first-order chi connectivity index (χ1) is 32.8. The highest BCUT2D eigenvalue weighted by atomic mass is 35.7. The molecule has 31 heteroatoms. The molecule has 6 aromatic heterocycles. The second-order valence-electron chi connectivity index (χ2n) is 16.9. The number of aromatic nitrogens is 12. The second kappa shape index (κ2) is 23.5. The fraction of sp³-hybridized carbons (Fsp3) is 0.615. The highest BCUT2D eigenvalue weighted by Crippen LogP contribution is 2.14. The molecule has 0 aliphatic carbocycles. The molecule has 28 nitrogen and oxygen atoms in total. The third-order valence-corrected chi connectivity index (χ3v) is 11.4. The van der Waals surface area contributed by atoms with Crippen LogP contribution in [0.5, 0.6) is 0 Å². The molecule has 0 saturated carbocycles. The predicted molar refractivity (Wildman–Crippen MR) is 253 cm³/mol. The molecule has 0 radical (unpaired) electrons. The minimum atomic E-state index is -3.25. The Hall–Kier alpha value is -5.60. The molecule has 2 N–H and O–H groups in total. The van der Waals surface area contributed by atoms with Crippen LogP contribution >= 0.6 is 10.7 Å². The molecule has 6 aromatic rings. The van der Waals surface area contributed by atoms with E-state index in [-0.39, 0.29) is 46.9 Å². The third-order valence-electron chi connectivity index (χ3n) is 10.9. The topological polar surface area (TPSA) is 331 Å². The summed E-state index contributed by atoms with van der Waals surface area (Å²) in [5.41, 5.74) is 0.515. The molecule has 0 spiro atoms. The number of nitrogens with zero attached hydrogens (tertiary/aromatic N) is 11. The zero-order valence-corrected chi connectivity index (χ0v) is 42.1. The Bertz CT molecular complexity index is 3250. The Balaban J connectivity index is 0.000000165. The predicted octanol–water partition coefficient (Wildman–Crippen LogP) is -3.46. The lowest BCUT2D eigenvalue weighted by atomic mass is 10.1. The largest absolute Gasteiger partial charge is 0.396 e. The third kappa shape index (κ3) is 14.0. The summed E-state index contributed by atoms with van der Waals surface area (Å²) in [7, 11) is 8.08. The van der Waals surface area contributed by atoms with Gasteiger partial charge in [-0.1, -0.05) is 0 Å². The number of halogens is 1. The van der Waals surface area contributed by atoms with Crippen LogP contribution in [0.1, 0.15) is 0 Å². The van der Waals surface area contributed by atoms with Gasteiger partial charge in [-0.25, -0.2) is 37.8 Å². The number of rotatable bonds is 8. The molecule has 4 saturated heterocycles. The van der Waals surface area contributed by atoms with E-state index >= 15 is 0 Å². The van der Waals surface area contributed by atoms with Crippen LogP contribution in [0.15, 0.2) is 47.7 Å². The lowest BCUT2D eigenvalue weighted by Crippen LogP contribution is -2.44. The number of aryl methyl sites for hydroxylation is 6. The minimum Gasteiger partial charge on any atom is -0.396 e. The van der Waals surface area contributed by atoms with Crippen molar-refractivity contribution in [2.45, 2.75) is 13.1 Å². The number of nitrogens with one attached hydrogen (secondary N) is 1. The van der Waals surface area contributed by atoms with Gasteiger partial charge in [0.15, 0.2) is 33.5 Å². The van der Waals surface area contributed by atoms with E-state index in [0.29, 0.717) is 98.7 Å². The average molecular weight is 1050 g/mol. The summed E-state index contributed by atoms with van der Waals surface area (Å²) >= 11 is 0. The van der Waals surface area contributed by atoms with E-state index in [4.69, 9.17) is 24.1 Å².